The van der Waals surface area contributed by atoms with Crippen LogP contribution < -0.4 is 15.4 Å². The molecule has 1 aromatic heterocycles. The predicted octanol–water partition coefficient (Wildman–Crippen LogP) is 3.97. The van der Waals surface area contributed by atoms with Crippen LogP contribution >= 0.6 is 11.6 Å². The van der Waals surface area contributed by atoms with Gasteiger partial charge in [0.25, 0.3) is 5.91 Å². The van der Waals surface area contributed by atoms with E-state index in [9.17, 15) is 4.79 Å². The zero-order chi connectivity index (χ0) is 18.4. The van der Waals surface area contributed by atoms with E-state index in [1.54, 1.807) is 13.2 Å². The Balaban J connectivity index is 2.05. The Morgan fingerprint density at radius 1 is 1.28 bits per heavy atom. The number of amides is 1. The highest BCUT2D eigenvalue weighted by atomic mass is 35.5. The molecule has 2 rings (SSSR count). The minimum Gasteiger partial charge on any atom is -0.495 e. The Hall–Kier alpha value is -2.34. The fraction of sp³-hybridized carbons (Fsp3) is 0.389. The minimum atomic E-state index is -0.174. The van der Waals surface area contributed by atoms with Gasteiger partial charge in [-0.1, -0.05) is 25.4 Å². The summed E-state index contributed by atoms with van der Waals surface area (Å²) in [6, 6.07) is 3.59. The van der Waals surface area contributed by atoms with E-state index in [2.05, 4.69) is 34.4 Å². The summed E-state index contributed by atoms with van der Waals surface area (Å²) in [5.41, 5.74) is 2.04. The van der Waals surface area contributed by atoms with Gasteiger partial charge in [-0.15, -0.1) is 0 Å². The van der Waals surface area contributed by atoms with Crippen molar-refractivity contribution >= 4 is 29.1 Å². The molecule has 0 fully saturated rings. The monoisotopic (exact) mass is 362 g/mol. The average Bonchev–Trinajstić information content (AvgIpc) is 2.58. The highest BCUT2D eigenvalue weighted by Crippen LogP contribution is 2.32. The fourth-order valence-corrected chi connectivity index (χ4v) is 2.29. The number of nitrogens with zero attached hydrogens (tertiary/aromatic N) is 2. The summed E-state index contributed by atoms with van der Waals surface area (Å²) in [6.45, 7) is 6.76. The fourth-order valence-electron chi connectivity index (χ4n) is 2.14. The molecule has 0 spiro atoms. The Morgan fingerprint density at radius 3 is 2.56 bits per heavy atom. The van der Waals surface area contributed by atoms with E-state index in [1.807, 2.05) is 13.0 Å². The largest absolute Gasteiger partial charge is 0.495 e. The normalized spacial score (nSPS) is 10.6. The van der Waals surface area contributed by atoms with Gasteiger partial charge < -0.3 is 15.4 Å². The van der Waals surface area contributed by atoms with Crippen LogP contribution in [-0.2, 0) is 0 Å². The van der Waals surface area contributed by atoms with E-state index in [1.165, 1.54) is 12.4 Å². The average molecular weight is 363 g/mol. The first-order valence-corrected chi connectivity index (χ1v) is 8.50. The van der Waals surface area contributed by atoms with Gasteiger partial charge in [-0.2, -0.15) is 0 Å². The van der Waals surface area contributed by atoms with Gasteiger partial charge in [0, 0.05) is 30.0 Å². The van der Waals surface area contributed by atoms with E-state index >= 15 is 0 Å². The van der Waals surface area contributed by atoms with Crippen LogP contribution in [0.5, 0.6) is 5.75 Å². The highest BCUT2D eigenvalue weighted by molar-refractivity contribution is 6.31. The van der Waals surface area contributed by atoms with Crippen LogP contribution in [0.15, 0.2) is 24.5 Å². The number of aryl methyl sites for hydroxylation is 1. The third-order valence-corrected chi connectivity index (χ3v) is 4.06. The molecule has 0 bridgehead atoms. The molecule has 0 radical (unpaired) electrons. The molecule has 0 saturated carbocycles. The van der Waals surface area contributed by atoms with Crippen molar-refractivity contribution in [2.75, 3.05) is 19.0 Å². The molecule has 0 aliphatic carbocycles. The molecule has 2 aromatic rings. The first kappa shape index (κ1) is 19.0. The maximum absolute atomic E-state index is 12.0. The Bertz CT molecular complexity index is 733. The van der Waals surface area contributed by atoms with Crippen molar-refractivity contribution in [1.29, 1.82) is 0 Å². The van der Waals surface area contributed by atoms with Crippen molar-refractivity contribution in [2.45, 2.75) is 27.2 Å². The number of nitrogens with one attached hydrogen (secondary N) is 2. The third kappa shape index (κ3) is 5.32. The van der Waals surface area contributed by atoms with Crippen molar-refractivity contribution < 1.29 is 9.53 Å². The minimum absolute atomic E-state index is 0.174. The number of hydrogen-bond donors (Lipinski definition) is 2. The lowest BCUT2D eigenvalue weighted by Gasteiger charge is -2.12. The summed E-state index contributed by atoms with van der Waals surface area (Å²) >= 11 is 6.10. The lowest BCUT2D eigenvalue weighted by molar-refractivity contribution is 0.0951. The molecular formula is C18H23ClN4O2. The molecule has 1 amide bonds. The predicted molar refractivity (Wildman–Crippen MR) is 99.8 cm³/mol. The number of anilines is 2. The zero-order valence-corrected chi connectivity index (χ0v) is 15.6. The van der Waals surface area contributed by atoms with Gasteiger partial charge in [0.2, 0.25) is 5.95 Å². The molecule has 6 nitrogen and oxygen atoms in total. The number of ether oxygens (including phenoxy) is 1. The zero-order valence-electron chi connectivity index (χ0n) is 14.9. The van der Waals surface area contributed by atoms with Crippen LogP contribution in [0.3, 0.4) is 0 Å². The third-order valence-electron chi connectivity index (χ3n) is 3.65. The van der Waals surface area contributed by atoms with Gasteiger partial charge in [0.15, 0.2) is 0 Å². The quantitative estimate of drug-likeness (QED) is 0.779. The molecule has 0 aliphatic heterocycles. The maximum atomic E-state index is 12.0. The maximum Gasteiger partial charge on any atom is 0.254 e. The molecule has 2 N–H and O–H groups in total. The van der Waals surface area contributed by atoms with Gasteiger partial charge in [-0.25, -0.2) is 9.97 Å². The number of methoxy groups -OCH3 is 1. The number of carbonyl (C=O) groups excluding carboxylic acids is 1. The van der Waals surface area contributed by atoms with Gasteiger partial charge in [0.05, 0.1) is 18.4 Å². The van der Waals surface area contributed by atoms with Crippen LogP contribution in [0.2, 0.25) is 5.02 Å². The van der Waals surface area contributed by atoms with Gasteiger partial charge in [-0.05, 0) is 30.9 Å². The van der Waals surface area contributed by atoms with Crippen molar-refractivity contribution in [1.82, 2.24) is 15.3 Å². The number of benzene rings is 1. The van der Waals surface area contributed by atoms with E-state index in [-0.39, 0.29) is 5.91 Å². The van der Waals surface area contributed by atoms with Crippen molar-refractivity contribution in [3.05, 3.63) is 40.7 Å². The van der Waals surface area contributed by atoms with Gasteiger partial charge in [0.1, 0.15) is 5.75 Å². The summed E-state index contributed by atoms with van der Waals surface area (Å²) in [4.78, 5) is 20.4. The molecular weight excluding hydrogens is 340 g/mol. The van der Waals surface area contributed by atoms with E-state index in [0.29, 0.717) is 40.4 Å². The molecule has 0 unspecified atom stereocenters. The van der Waals surface area contributed by atoms with Crippen LogP contribution in [0, 0.1) is 12.8 Å². The Kier molecular flexibility index (Phi) is 6.58. The summed E-state index contributed by atoms with van der Waals surface area (Å²) in [5, 5.41) is 6.56. The molecule has 1 aromatic carbocycles. The molecule has 134 valence electrons. The van der Waals surface area contributed by atoms with Gasteiger partial charge >= 0.3 is 0 Å². The van der Waals surface area contributed by atoms with Crippen molar-refractivity contribution in [3.8, 4) is 5.75 Å². The Morgan fingerprint density at radius 2 is 1.96 bits per heavy atom. The second-order valence-electron chi connectivity index (χ2n) is 6.16. The first-order valence-electron chi connectivity index (χ1n) is 8.12. The lowest BCUT2D eigenvalue weighted by Crippen LogP contribution is -2.25. The number of hydrogen-bond acceptors (Lipinski definition) is 5. The number of carbonyl (C=O) groups is 1. The smallest absolute Gasteiger partial charge is 0.254 e. The summed E-state index contributed by atoms with van der Waals surface area (Å²) in [6.07, 6.45) is 3.92. The number of aromatic nitrogens is 2. The molecule has 0 saturated heterocycles. The second-order valence-corrected chi connectivity index (χ2v) is 6.57. The summed E-state index contributed by atoms with van der Waals surface area (Å²) in [5.74, 6) is 1.33. The first-order chi connectivity index (χ1) is 11.9. The topological polar surface area (TPSA) is 76.1 Å². The molecule has 25 heavy (non-hydrogen) atoms. The molecule has 7 heteroatoms. The molecule has 1 heterocycles. The second kappa shape index (κ2) is 8.67. The lowest BCUT2D eigenvalue weighted by atomic mass is 10.1. The molecule has 0 aliphatic rings. The van der Waals surface area contributed by atoms with Gasteiger partial charge in [-0.3, -0.25) is 4.79 Å². The number of halogens is 1. The van der Waals surface area contributed by atoms with Crippen LogP contribution in [-0.4, -0.2) is 29.5 Å². The summed E-state index contributed by atoms with van der Waals surface area (Å²) in [7, 11) is 1.57. The van der Waals surface area contributed by atoms with Crippen LogP contribution in [0.25, 0.3) is 0 Å². The van der Waals surface area contributed by atoms with E-state index in [0.717, 1.165) is 12.0 Å². The van der Waals surface area contributed by atoms with Crippen LogP contribution in [0.4, 0.5) is 11.6 Å². The summed E-state index contributed by atoms with van der Waals surface area (Å²) < 4.78 is 5.31. The van der Waals surface area contributed by atoms with E-state index < -0.39 is 0 Å². The standard InChI is InChI=1S/C18H23ClN4O2/c1-11(2)5-6-20-17(24)13-9-21-18(22-10-13)23-15-7-12(3)14(19)8-16(15)25-4/h7-11H,5-6H2,1-4H3,(H,20,24)(H,21,22,23). The Labute approximate surface area is 153 Å². The molecule has 0 atom stereocenters. The highest BCUT2D eigenvalue weighted by Gasteiger charge is 2.10. The van der Waals surface area contributed by atoms with E-state index in [4.69, 9.17) is 16.3 Å². The number of rotatable bonds is 7. The SMILES string of the molecule is COc1cc(Cl)c(C)cc1Nc1ncc(C(=O)NCCC(C)C)cn1. The van der Waals surface area contributed by atoms with Crippen molar-refractivity contribution in [3.63, 3.8) is 0 Å². The van der Waals surface area contributed by atoms with Crippen molar-refractivity contribution in [2.24, 2.45) is 5.92 Å². The van der Waals surface area contributed by atoms with Crippen LogP contribution in [0.1, 0.15) is 36.2 Å².